The van der Waals surface area contributed by atoms with Gasteiger partial charge in [-0.05, 0) is 37.1 Å². The first-order valence-electron chi connectivity index (χ1n) is 6.25. The fourth-order valence-electron chi connectivity index (χ4n) is 2.17. The average molecular weight is 256 g/mol. The van der Waals surface area contributed by atoms with Crippen LogP contribution < -0.4 is 4.74 Å². The molecule has 0 aromatic heterocycles. The maximum atomic E-state index is 5.86. The molecule has 2 heteroatoms. The van der Waals surface area contributed by atoms with E-state index in [1.165, 1.54) is 16.0 Å². The number of rotatable bonds is 3. The van der Waals surface area contributed by atoms with Crippen LogP contribution in [0.15, 0.2) is 53.4 Å². The molecular weight excluding hydrogens is 240 g/mol. The van der Waals surface area contributed by atoms with E-state index >= 15 is 0 Å². The van der Waals surface area contributed by atoms with Crippen LogP contribution in [-0.4, -0.2) is 11.9 Å². The number of ether oxygens (including phenoxy) is 1. The van der Waals surface area contributed by atoms with Crippen LogP contribution in [0.4, 0.5) is 0 Å². The molecule has 0 bridgehead atoms. The van der Waals surface area contributed by atoms with Gasteiger partial charge in [-0.2, -0.15) is 0 Å². The molecule has 0 aliphatic carbocycles. The molecule has 0 spiro atoms. The van der Waals surface area contributed by atoms with E-state index in [9.17, 15) is 0 Å². The maximum Gasteiger partial charge on any atom is 0.119 e. The van der Waals surface area contributed by atoms with E-state index in [1.54, 1.807) is 0 Å². The van der Waals surface area contributed by atoms with Crippen LogP contribution in [-0.2, 0) is 6.42 Å². The van der Waals surface area contributed by atoms with Gasteiger partial charge in [0.15, 0.2) is 0 Å². The van der Waals surface area contributed by atoms with Crippen LogP contribution in [0.3, 0.4) is 0 Å². The Morgan fingerprint density at radius 3 is 2.67 bits per heavy atom. The maximum absolute atomic E-state index is 5.86. The van der Waals surface area contributed by atoms with Gasteiger partial charge in [-0.1, -0.05) is 35.9 Å². The molecule has 1 heterocycles. The molecule has 0 fully saturated rings. The number of fused-ring (bicyclic) bond motifs is 1. The molecule has 1 atom stereocenters. The molecular formula is C16H16OS. The fraction of sp³-hybridized carbons (Fsp3) is 0.250. The SMILES string of the molecule is Cc1ccc(OCC2Cc3ccccc3S2)cc1. The summed E-state index contributed by atoms with van der Waals surface area (Å²) in [7, 11) is 0. The van der Waals surface area contributed by atoms with Gasteiger partial charge in [0.25, 0.3) is 0 Å². The Balaban J connectivity index is 1.58. The molecule has 2 aromatic rings. The van der Waals surface area contributed by atoms with Crippen molar-refractivity contribution in [1.82, 2.24) is 0 Å². The van der Waals surface area contributed by atoms with Gasteiger partial charge in [0, 0.05) is 10.1 Å². The van der Waals surface area contributed by atoms with E-state index in [0.717, 1.165) is 18.8 Å². The first kappa shape index (κ1) is 11.7. The number of benzene rings is 2. The van der Waals surface area contributed by atoms with Crippen molar-refractivity contribution in [3.05, 3.63) is 59.7 Å². The highest BCUT2D eigenvalue weighted by atomic mass is 32.2. The van der Waals surface area contributed by atoms with Crippen LogP contribution in [0.25, 0.3) is 0 Å². The highest BCUT2D eigenvalue weighted by Crippen LogP contribution is 2.36. The van der Waals surface area contributed by atoms with Gasteiger partial charge < -0.3 is 4.74 Å². The molecule has 3 rings (SSSR count). The Morgan fingerprint density at radius 1 is 1.11 bits per heavy atom. The summed E-state index contributed by atoms with van der Waals surface area (Å²) < 4.78 is 5.86. The molecule has 0 saturated heterocycles. The average Bonchev–Trinajstić information content (AvgIpc) is 2.81. The van der Waals surface area contributed by atoms with Crippen molar-refractivity contribution in [2.45, 2.75) is 23.5 Å². The summed E-state index contributed by atoms with van der Waals surface area (Å²) in [5.74, 6) is 0.970. The Labute approximate surface area is 112 Å². The van der Waals surface area contributed by atoms with E-state index in [-0.39, 0.29) is 0 Å². The fourth-order valence-corrected chi connectivity index (χ4v) is 3.39. The first-order chi connectivity index (χ1) is 8.81. The van der Waals surface area contributed by atoms with Crippen molar-refractivity contribution < 1.29 is 4.74 Å². The lowest BCUT2D eigenvalue weighted by molar-refractivity contribution is 0.317. The van der Waals surface area contributed by atoms with E-state index in [2.05, 4.69) is 43.3 Å². The topological polar surface area (TPSA) is 9.23 Å². The number of hydrogen-bond acceptors (Lipinski definition) is 2. The summed E-state index contributed by atoms with van der Waals surface area (Å²) in [6.45, 7) is 2.87. The zero-order chi connectivity index (χ0) is 12.4. The largest absolute Gasteiger partial charge is 0.492 e. The molecule has 0 N–H and O–H groups in total. The number of aryl methyl sites for hydroxylation is 1. The zero-order valence-electron chi connectivity index (χ0n) is 10.4. The van der Waals surface area contributed by atoms with Crippen molar-refractivity contribution in [2.75, 3.05) is 6.61 Å². The van der Waals surface area contributed by atoms with Crippen molar-refractivity contribution in [3.63, 3.8) is 0 Å². The van der Waals surface area contributed by atoms with Gasteiger partial charge >= 0.3 is 0 Å². The summed E-state index contributed by atoms with van der Waals surface area (Å²) in [4.78, 5) is 1.41. The molecule has 0 amide bonds. The lowest BCUT2D eigenvalue weighted by atomic mass is 10.1. The minimum absolute atomic E-state index is 0.545. The third-order valence-electron chi connectivity index (χ3n) is 3.17. The van der Waals surface area contributed by atoms with Crippen molar-refractivity contribution in [3.8, 4) is 5.75 Å². The zero-order valence-corrected chi connectivity index (χ0v) is 11.2. The molecule has 1 aliphatic heterocycles. The number of thioether (sulfide) groups is 1. The minimum Gasteiger partial charge on any atom is -0.492 e. The van der Waals surface area contributed by atoms with Gasteiger partial charge in [0.2, 0.25) is 0 Å². The second kappa shape index (κ2) is 5.07. The number of hydrogen-bond donors (Lipinski definition) is 0. The summed E-state index contributed by atoms with van der Waals surface area (Å²) >= 11 is 1.93. The molecule has 1 unspecified atom stereocenters. The second-order valence-corrected chi connectivity index (χ2v) is 6.02. The van der Waals surface area contributed by atoms with Gasteiger partial charge in [-0.15, -0.1) is 11.8 Å². The van der Waals surface area contributed by atoms with Crippen LogP contribution in [0.5, 0.6) is 5.75 Å². The third-order valence-corrected chi connectivity index (χ3v) is 4.46. The predicted molar refractivity (Wildman–Crippen MR) is 76.5 cm³/mol. The molecule has 18 heavy (non-hydrogen) atoms. The van der Waals surface area contributed by atoms with Gasteiger partial charge in [-0.3, -0.25) is 0 Å². The molecule has 0 saturated carbocycles. The summed E-state index contributed by atoms with van der Waals surface area (Å²) in [5.41, 5.74) is 2.73. The minimum atomic E-state index is 0.545. The summed E-state index contributed by atoms with van der Waals surface area (Å²) in [6.07, 6.45) is 1.12. The van der Waals surface area contributed by atoms with Gasteiger partial charge in [-0.25, -0.2) is 0 Å². The Kier molecular flexibility index (Phi) is 3.28. The lowest BCUT2D eigenvalue weighted by Gasteiger charge is -2.11. The molecule has 0 radical (unpaired) electrons. The normalized spacial score (nSPS) is 17.5. The molecule has 2 aromatic carbocycles. The summed E-state index contributed by atoms with van der Waals surface area (Å²) in [5, 5.41) is 0.545. The monoisotopic (exact) mass is 256 g/mol. The first-order valence-corrected chi connectivity index (χ1v) is 7.13. The van der Waals surface area contributed by atoms with Crippen LogP contribution in [0.1, 0.15) is 11.1 Å². The molecule has 1 aliphatic rings. The third kappa shape index (κ3) is 2.54. The molecule has 92 valence electrons. The Hall–Kier alpha value is -1.41. The van der Waals surface area contributed by atoms with E-state index < -0.39 is 0 Å². The van der Waals surface area contributed by atoms with Gasteiger partial charge in [0.1, 0.15) is 12.4 Å². The predicted octanol–water partition coefficient (Wildman–Crippen LogP) is 4.09. The van der Waals surface area contributed by atoms with Crippen molar-refractivity contribution >= 4 is 11.8 Å². The van der Waals surface area contributed by atoms with E-state index in [0.29, 0.717) is 5.25 Å². The van der Waals surface area contributed by atoms with Crippen LogP contribution in [0.2, 0.25) is 0 Å². The van der Waals surface area contributed by atoms with E-state index in [1.807, 2.05) is 23.9 Å². The lowest BCUT2D eigenvalue weighted by Crippen LogP contribution is -2.13. The standard InChI is InChI=1S/C16H16OS/c1-12-6-8-14(9-7-12)17-11-15-10-13-4-2-3-5-16(13)18-15/h2-9,15H,10-11H2,1H3. The summed E-state index contributed by atoms with van der Waals surface area (Å²) in [6, 6.07) is 16.9. The van der Waals surface area contributed by atoms with Crippen molar-refractivity contribution in [2.24, 2.45) is 0 Å². The van der Waals surface area contributed by atoms with Crippen LogP contribution >= 0.6 is 11.8 Å². The Bertz CT molecular complexity index is 508. The quantitative estimate of drug-likeness (QED) is 0.818. The Morgan fingerprint density at radius 2 is 1.89 bits per heavy atom. The van der Waals surface area contributed by atoms with Crippen molar-refractivity contribution in [1.29, 1.82) is 0 Å². The molecule has 1 nitrogen and oxygen atoms in total. The van der Waals surface area contributed by atoms with Gasteiger partial charge in [0.05, 0.1) is 0 Å². The smallest absolute Gasteiger partial charge is 0.119 e. The second-order valence-electron chi connectivity index (χ2n) is 4.68. The van der Waals surface area contributed by atoms with Crippen LogP contribution in [0, 0.1) is 6.92 Å². The highest BCUT2D eigenvalue weighted by Gasteiger charge is 2.22. The highest BCUT2D eigenvalue weighted by molar-refractivity contribution is 8.00. The van der Waals surface area contributed by atoms with E-state index in [4.69, 9.17) is 4.74 Å².